The van der Waals surface area contributed by atoms with Crippen LogP contribution in [0.25, 0.3) is 21.9 Å². The monoisotopic (exact) mass is 554 g/mol. The van der Waals surface area contributed by atoms with Crippen molar-refractivity contribution < 1.29 is 52.2 Å². The lowest BCUT2D eigenvalue weighted by Gasteiger charge is -2.40. The number of hydrogen-bond donors (Lipinski definition) is 0. The molecule has 1 saturated heterocycles. The molecule has 0 amide bonds. The summed E-state index contributed by atoms with van der Waals surface area (Å²) in [4.78, 5) is 13.3. The fourth-order valence-corrected chi connectivity index (χ4v) is 5.59. The van der Waals surface area contributed by atoms with Crippen molar-refractivity contribution in [3.8, 4) is 39.9 Å². The SMILES string of the molecule is COc1cc2c(O[C@@H]3OC[C@@H](OC)[C@H](OC)[C@H]3OC)c3c(c(-c4ccc5c(c4)OCO5)c2cc1OC)C(=O)OC3. The van der Waals surface area contributed by atoms with E-state index in [1.54, 1.807) is 35.5 Å². The van der Waals surface area contributed by atoms with Crippen LogP contribution in [0, 0.1) is 0 Å². The van der Waals surface area contributed by atoms with Gasteiger partial charge in [-0.1, -0.05) is 6.07 Å². The van der Waals surface area contributed by atoms with Crippen molar-refractivity contribution in [1.29, 1.82) is 0 Å². The summed E-state index contributed by atoms with van der Waals surface area (Å²) in [5.41, 5.74) is 2.37. The number of benzene rings is 3. The molecule has 4 atom stereocenters. The van der Waals surface area contributed by atoms with Gasteiger partial charge >= 0.3 is 5.97 Å². The van der Waals surface area contributed by atoms with E-state index in [1.165, 1.54) is 0 Å². The fourth-order valence-electron chi connectivity index (χ4n) is 5.59. The van der Waals surface area contributed by atoms with Crippen molar-refractivity contribution in [2.75, 3.05) is 48.9 Å². The number of ether oxygens (including phenoxy) is 10. The predicted molar refractivity (Wildman–Crippen MR) is 140 cm³/mol. The Kier molecular flexibility index (Phi) is 7.05. The third kappa shape index (κ3) is 4.17. The first-order valence-electron chi connectivity index (χ1n) is 12.7. The highest BCUT2D eigenvalue weighted by atomic mass is 16.7. The van der Waals surface area contributed by atoms with Gasteiger partial charge in [0, 0.05) is 37.8 Å². The second kappa shape index (κ2) is 10.7. The van der Waals surface area contributed by atoms with Crippen LogP contribution in [-0.2, 0) is 30.3 Å². The summed E-state index contributed by atoms with van der Waals surface area (Å²) >= 11 is 0. The molecular weight excluding hydrogens is 524 g/mol. The van der Waals surface area contributed by atoms with Crippen molar-refractivity contribution in [2.45, 2.75) is 31.2 Å². The van der Waals surface area contributed by atoms with E-state index in [2.05, 4.69) is 0 Å². The fraction of sp³-hybridized carbons (Fsp3) is 0.414. The van der Waals surface area contributed by atoms with Gasteiger partial charge in [-0.3, -0.25) is 0 Å². The number of hydrogen-bond acceptors (Lipinski definition) is 11. The van der Waals surface area contributed by atoms with Crippen LogP contribution in [0.4, 0.5) is 0 Å². The van der Waals surface area contributed by atoms with Gasteiger partial charge in [-0.25, -0.2) is 4.79 Å². The molecule has 0 radical (unpaired) electrons. The lowest BCUT2D eigenvalue weighted by molar-refractivity contribution is -0.258. The molecule has 6 rings (SSSR count). The van der Waals surface area contributed by atoms with Crippen LogP contribution < -0.4 is 23.7 Å². The summed E-state index contributed by atoms with van der Waals surface area (Å²) in [6.45, 7) is 0.373. The molecule has 0 unspecified atom stereocenters. The van der Waals surface area contributed by atoms with Gasteiger partial charge in [0.05, 0.1) is 26.4 Å². The highest BCUT2D eigenvalue weighted by Crippen LogP contribution is 2.49. The van der Waals surface area contributed by atoms with Gasteiger partial charge < -0.3 is 47.4 Å². The second-order valence-electron chi connectivity index (χ2n) is 9.45. The van der Waals surface area contributed by atoms with Crippen LogP contribution in [0.2, 0.25) is 0 Å². The number of esters is 1. The number of fused-ring (bicyclic) bond motifs is 3. The minimum atomic E-state index is -0.867. The van der Waals surface area contributed by atoms with Crippen LogP contribution in [-0.4, -0.2) is 79.5 Å². The smallest absolute Gasteiger partial charge is 0.339 e. The van der Waals surface area contributed by atoms with Crippen LogP contribution in [0.15, 0.2) is 30.3 Å². The summed E-state index contributed by atoms with van der Waals surface area (Å²) in [6.07, 6.45) is -2.29. The standard InChI is InChI=1S/C29H30O11/c1-31-19-9-15-16(10-20(19)32-2)25(40-29-27(35-5)26(34-4)22(33-3)12-37-29)17-11-36-28(30)24(17)23(15)14-6-7-18-21(8-14)39-13-38-18/h6-10,22,26-27,29H,11-13H2,1-5H3/t22-,26+,27-,29+/m1/s1. The molecule has 11 nitrogen and oxygen atoms in total. The van der Waals surface area contributed by atoms with Gasteiger partial charge in [0.2, 0.25) is 13.1 Å². The van der Waals surface area contributed by atoms with Gasteiger partial charge in [-0.05, 0) is 35.2 Å². The molecule has 3 aromatic carbocycles. The van der Waals surface area contributed by atoms with Gasteiger partial charge in [0.15, 0.2) is 23.0 Å². The highest BCUT2D eigenvalue weighted by molar-refractivity contribution is 6.14. The molecular formula is C29H30O11. The summed E-state index contributed by atoms with van der Waals surface area (Å²) < 4.78 is 57.6. The van der Waals surface area contributed by atoms with Crippen molar-refractivity contribution in [3.63, 3.8) is 0 Å². The van der Waals surface area contributed by atoms with Gasteiger partial charge in [0.25, 0.3) is 0 Å². The molecule has 3 aliphatic heterocycles. The van der Waals surface area contributed by atoms with Crippen molar-refractivity contribution in [1.82, 2.24) is 0 Å². The third-order valence-corrected chi connectivity index (χ3v) is 7.54. The van der Waals surface area contributed by atoms with E-state index >= 15 is 0 Å². The van der Waals surface area contributed by atoms with E-state index in [0.717, 1.165) is 5.56 Å². The van der Waals surface area contributed by atoms with Crippen LogP contribution in [0.1, 0.15) is 15.9 Å². The van der Waals surface area contributed by atoms with Crippen LogP contribution >= 0.6 is 0 Å². The van der Waals surface area contributed by atoms with Gasteiger partial charge in [0.1, 0.15) is 30.7 Å². The zero-order valence-electron chi connectivity index (χ0n) is 22.8. The number of carbonyl (C=O) groups excluding carboxylic acids is 1. The molecule has 11 heteroatoms. The van der Waals surface area contributed by atoms with Crippen LogP contribution in [0.5, 0.6) is 28.7 Å². The number of methoxy groups -OCH3 is 5. The molecule has 0 saturated carbocycles. The van der Waals surface area contributed by atoms with E-state index in [1.807, 2.05) is 30.3 Å². The molecule has 3 aliphatic rings. The molecule has 0 aliphatic carbocycles. The minimum absolute atomic E-state index is 0.0180. The summed E-state index contributed by atoms with van der Waals surface area (Å²) in [5.74, 6) is 2.14. The van der Waals surface area contributed by atoms with E-state index in [4.69, 9.17) is 47.4 Å². The Morgan fingerprint density at radius 2 is 1.50 bits per heavy atom. The Morgan fingerprint density at radius 3 is 2.20 bits per heavy atom. The number of carbonyl (C=O) groups is 1. The quantitative estimate of drug-likeness (QED) is 0.380. The highest BCUT2D eigenvalue weighted by Gasteiger charge is 2.44. The lowest BCUT2D eigenvalue weighted by Crippen LogP contribution is -2.57. The first-order chi connectivity index (χ1) is 19.5. The first-order valence-corrected chi connectivity index (χ1v) is 12.7. The van der Waals surface area contributed by atoms with Crippen LogP contribution in [0.3, 0.4) is 0 Å². The Labute approximate surface area is 230 Å². The van der Waals surface area contributed by atoms with E-state index in [0.29, 0.717) is 56.2 Å². The molecule has 40 heavy (non-hydrogen) atoms. The normalized spacial score (nSPS) is 23.2. The molecule has 0 spiro atoms. The molecule has 0 aromatic heterocycles. The third-order valence-electron chi connectivity index (χ3n) is 7.54. The molecule has 3 heterocycles. The number of rotatable bonds is 8. The average Bonchev–Trinajstić information content (AvgIpc) is 3.62. The summed E-state index contributed by atoms with van der Waals surface area (Å²) in [6, 6.07) is 9.18. The Hall–Kier alpha value is -3.77. The predicted octanol–water partition coefficient (Wildman–Crippen LogP) is 3.70. The maximum Gasteiger partial charge on any atom is 0.339 e. The molecule has 3 aromatic rings. The Morgan fingerprint density at radius 1 is 0.775 bits per heavy atom. The van der Waals surface area contributed by atoms with Crippen molar-refractivity contribution >= 4 is 16.7 Å². The minimum Gasteiger partial charge on any atom is -0.493 e. The zero-order chi connectivity index (χ0) is 28.0. The molecule has 1 fully saturated rings. The zero-order valence-corrected chi connectivity index (χ0v) is 22.8. The van der Waals surface area contributed by atoms with Crippen molar-refractivity contribution in [2.24, 2.45) is 0 Å². The lowest BCUT2D eigenvalue weighted by atomic mass is 9.89. The molecule has 0 bridgehead atoms. The molecule has 212 valence electrons. The second-order valence-corrected chi connectivity index (χ2v) is 9.45. The van der Waals surface area contributed by atoms with Gasteiger partial charge in [-0.15, -0.1) is 0 Å². The Bertz CT molecular complexity index is 1450. The Balaban J connectivity index is 1.57. The van der Waals surface area contributed by atoms with E-state index in [-0.39, 0.29) is 26.1 Å². The molecule has 0 N–H and O–H groups in total. The maximum atomic E-state index is 13.3. The summed E-state index contributed by atoms with van der Waals surface area (Å²) in [7, 11) is 7.84. The summed E-state index contributed by atoms with van der Waals surface area (Å²) in [5, 5.41) is 1.36. The van der Waals surface area contributed by atoms with Gasteiger partial charge in [-0.2, -0.15) is 0 Å². The number of cyclic esters (lactones) is 1. The first kappa shape index (κ1) is 26.5. The average molecular weight is 555 g/mol. The van der Waals surface area contributed by atoms with Crippen molar-refractivity contribution in [3.05, 3.63) is 41.5 Å². The van der Waals surface area contributed by atoms with E-state index in [9.17, 15) is 4.79 Å². The topological polar surface area (TPSA) is 109 Å². The largest absolute Gasteiger partial charge is 0.493 e. The maximum absolute atomic E-state index is 13.3. The van der Waals surface area contributed by atoms with E-state index < -0.39 is 24.5 Å².